The van der Waals surface area contributed by atoms with E-state index in [-0.39, 0.29) is 0 Å². The molecule has 0 unspecified atom stereocenters. The molecular formula is C18H32N2O. The van der Waals surface area contributed by atoms with Crippen molar-refractivity contribution in [2.45, 2.75) is 46.7 Å². The van der Waals surface area contributed by atoms with Gasteiger partial charge in [-0.05, 0) is 32.0 Å². The van der Waals surface area contributed by atoms with Gasteiger partial charge in [0.05, 0.1) is 0 Å². The number of rotatable bonds is 10. The van der Waals surface area contributed by atoms with Crippen LogP contribution in [0.2, 0.25) is 0 Å². The van der Waals surface area contributed by atoms with Crippen LogP contribution in [-0.2, 0) is 6.54 Å². The van der Waals surface area contributed by atoms with E-state index in [4.69, 9.17) is 4.74 Å². The van der Waals surface area contributed by atoms with Crippen LogP contribution in [0.1, 0.15) is 39.7 Å². The molecule has 0 aromatic heterocycles. The fraction of sp³-hybridized carbons (Fsp3) is 0.667. The smallest absolute Gasteiger partial charge is 0.123 e. The van der Waals surface area contributed by atoms with Crippen LogP contribution in [0.25, 0.3) is 0 Å². The number of nitrogens with zero attached hydrogens (tertiary/aromatic N) is 1. The highest BCUT2D eigenvalue weighted by Gasteiger charge is 2.05. The monoisotopic (exact) mass is 292 g/mol. The normalized spacial score (nSPS) is 11.6. The van der Waals surface area contributed by atoms with Crippen molar-refractivity contribution in [3.63, 3.8) is 0 Å². The lowest BCUT2D eigenvalue weighted by molar-refractivity contribution is 0.228. The molecule has 120 valence electrons. The lowest BCUT2D eigenvalue weighted by Gasteiger charge is -2.19. The second-order valence-electron chi connectivity index (χ2n) is 6.48. The molecule has 3 nitrogen and oxygen atoms in total. The third-order valence-corrected chi connectivity index (χ3v) is 3.49. The molecule has 0 bridgehead atoms. The molecule has 3 heteroatoms. The molecule has 0 aliphatic heterocycles. The number of para-hydroxylation sites is 1. The highest BCUT2D eigenvalue weighted by atomic mass is 16.5. The first kappa shape index (κ1) is 18.0. The molecule has 1 aromatic carbocycles. The molecule has 0 saturated carbocycles. The first-order chi connectivity index (χ1) is 9.99. The number of nitrogens with one attached hydrogen (secondary N) is 1. The lowest BCUT2D eigenvalue weighted by atomic mass is 10.1. The highest BCUT2D eigenvalue weighted by Crippen LogP contribution is 2.17. The first-order valence-electron chi connectivity index (χ1n) is 8.11. The molecule has 0 aliphatic carbocycles. The van der Waals surface area contributed by atoms with Crippen LogP contribution in [-0.4, -0.2) is 37.7 Å². The number of likely N-dealkylation sites (N-methyl/N-ethyl adjacent to an activating group) is 1. The van der Waals surface area contributed by atoms with E-state index < -0.39 is 0 Å². The van der Waals surface area contributed by atoms with Gasteiger partial charge < -0.3 is 15.0 Å². The van der Waals surface area contributed by atoms with Gasteiger partial charge in [-0.25, -0.2) is 0 Å². The van der Waals surface area contributed by atoms with Crippen LogP contribution in [0.5, 0.6) is 5.75 Å². The van der Waals surface area contributed by atoms with Gasteiger partial charge in [0.15, 0.2) is 0 Å². The molecule has 0 spiro atoms. The Bertz CT molecular complexity index is 391. The summed E-state index contributed by atoms with van der Waals surface area (Å²) < 4.78 is 5.97. The molecule has 0 saturated heterocycles. The predicted octanol–water partition coefficient (Wildman–Crippen LogP) is 3.54. The SMILES string of the molecule is CC(C)CCN(C)CCOc1ccccc1CNC(C)C. The summed E-state index contributed by atoms with van der Waals surface area (Å²) in [5, 5.41) is 3.44. The third kappa shape index (κ3) is 8.08. The predicted molar refractivity (Wildman–Crippen MR) is 90.9 cm³/mol. The molecule has 1 rings (SSSR count). The van der Waals surface area contributed by atoms with E-state index >= 15 is 0 Å². The second kappa shape index (κ2) is 9.80. The minimum atomic E-state index is 0.486. The third-order valence-electron chi connectivity index (χ3n) is 3.49. The van der Waals surface area contributed by atoms with Crippen molar-refractivity contribution < 1.29 is 4.74 Å². The van der Waals surface area contributed by atoms with E-state index in [1.807, 2.05) is 6.07 Å². The average molecular weight is 292 g/mol. The fourth-order valence-electron chi connectivity index (χ4n) is 2.01. The van der Waals surface area contributed by atoms with Crippen LogP contribution in [0.3, 0.4) is 0 Å². The number of hydrogen-bond donors (Lipinski definition) is 1. The van der Waals surface area contributed by atoms with Crippen molar-refractivity contribution in [3.05, 3.63) is 29.8 Å². The Balaban J connectivity index is 2.37. The van der Waals surface area contributed by atoms with Gasteiger partial charge in [0.25, 0.3) is 0 Å². The Labute approximate surface area is 130 Å². The molecular weight excluding hydrogens is 260 g/mol. The summed E-state index contributed by atoms with van der Waals surface area (Å²) in [6.45, 7) is 12.6. The largest absolute Gasteiger partial charge is 0.492 e. The minimum Gasteiger partial charge on any atom is -0.492 e. The number of hydrogen-bond acceptors (Lipinski definition) is 3. The quantitative estimate of drug-likeness (QED) is 0.714. The molecule has 0 atom stereocenters. The summed E-state index contributed by atoms with van der Waals surface area (Å²) in [6, 6.07) is 8.79. The van der Waals surface area contributed by atoms with E-state index in [2.05, 4.69) is 63.2 Å². The van der Waals surface area contributed by atoms with Gasteiger partial charge in [-0.3, -0.25) is 0 Å². The Morgan fingerprint density at radius 3 is 2.48 bits per heavy atom. The molecule has 0 amide bonds. The zero-order chi connectivity index (χ0) is 15.7. The van der Waals surface area contributed by atoms with Crippen molar-refractivity contribution >= 4 is 0 Å². The zero-order valence-electron chi connectivity index (χ0n) is 14.4. The molecule has 0 radical (unpaired) electrons. The number of benzene rings is 1. The van der Waals surface area contributed by atoms with Crippen molar-refractivity contribution in [1.82, 2.24) is 10.2 Å². The van der Waals surface area contributed by atoms with Gasteiger partial charge in [0.2, 0.25) is 0 Å². The Kier molecular flexibility index (Phi) is 8.40. The van der Waals surface area contributed by atoms with Crippen LogP contribution >= 0.6 is 0 Å². The molecule has 21 heavy (non-hydrogen) atoms. The summed E-state index contributed by atoms with van der Waals surface area (Å²) in [7, 11) is 2.16. The van der Waals surface area contributed by atoms with E-state index in [9.17, 15) is 0 Å². The lowest BCUT2D eigenvalue weighted by Crippen LogP contribution is -2.26. The molecule has 0 fully saturated rings. The molecule has 0 heterocycles. The van der Waals surface area contributed by atoms with Crippen molar-refractivity contribution in [2.75, 3.05) is 26.7 Å². The average Bonchev–Trinajstić information content (AvgIpc) is 2.44. The molecule has 1 N–H and O–H groups in total. The number of ether oxygens (including phenoxy) is 1. The van der Waals surface area contributed by atoms with E-state index in [1.165, 1.54) is 12.0 Å². The van der Waals surface area contributed by atoms with Gasteiger partial charge in [-0.1, -0.05) is 45.9 Å². The Morgan fingerprint density at radius 2 is 1.81 bits per heavy atom. The van der Waals surface area contributed by atoms with Gasteiger partial charge in [-0.2, -0.15) is 0 Å². The van der Waals surface area contributed by atoms with E-state index in [1.54, 1.807) is 0 Å². The summed E-state index contributed by atoms with van der Waals surface area (Å²) in [5.41, 5.74) is 1.23. The van der Waals surface area contributed by atoms with Gasteiger partial charge in [0, 0.05) is 24.7 Å². The topological polar surface area (TPSA) is 24.5 Å². The highest BCUT2D eigenvalue weighted by molar-refractivity contribution is 5.33. The van der Waals surface area contributed by atoms with Gasteiger partial charge in [0.1, 0.15) is 12.4 Å². The Morgan fingerprint density at radius 1 is 1.10 bits per heavy atom. The van der Waals surface area contributed by atoms with Crippen molar-refractivity contribution in [2.24, 2.45) is 5.92 Å². The van der Waals surface area contributed by atoms with Crippen molar-refractivity contribution in [3.8, 4) is 5.75 Å². The minimum absolute atomic E-state index is 0.486. The summed E-state index contributed by atoms with van der Waals surface area (Å²) in [4.78, 5) is 2.34. The maximum atomic E-state index is 5.97. The Hall–Kier alpha value is -1.06. The van der Waals surface area contributed by atoms with E-state index in [0.717, 1.165) is 37.9 Å². The van der Waals surface area contributed by atoms with Crippen LogP contribution in [0.4, 0.5) is 0 Å². The molecule has 0 aliphatic rings. The fourth-order valence-corrected chi connectivity index (χ4v) is 2.01. The molecule has 1 aromatic rings. The zero-order valence-corrected chi connectivity index (χ0v) is 14.4. The summed E-state index contributed by atoms with van der Waals surface area (Å²) >= 11 is 0. The summed E-state index contributed by atoms with van der Waals surface area (Å²) in [5.74, 6) is 1.76. The van der Waals surface area contributed by atoms with Crippen LogP contribution in [0.15, 0.2) is 24.3 Å². The van der Waals surface area contributed by atoms with Crippen molar-refractivity contribution in [1.29, 1.82) is 0 Å². The van der Waals surface area contributed by atoms with E-state index in [0.29, 0.717) is 6.04 Å². The van der Waals surface area contributed by atoms with Crippen LogP contribution < -0.4 is 10.1 Å². The van der Waals surface area contributed by atoms with Gasteiger partial charge in [-0.15, -0.1) is 0 Å². The van der Waals surface area contributed by atoms with Gasteiger partial charge >= 0.3 is 0 Å². The maximum Gasteiger partial charge on any atom is 0.123 e. The second-order valence-corrected chi connectivity index (χ2v) is 6.48. The summed E-state index contributed by atoms with van der Waals surface area (Å²) in [6.07, 6.45) is 1.24. The van der Waals surface area contributed by atoms with Crippen LogP contribution in [0, 0.1) is 5.92 Å². The first-order valence-corrected chi connectivity index (χ1v) is 8.11. The standard InChI is InChI=1S/C18H32N2O/c1-15(2)10-11-20(5)12-13-21-18-9-7-6-8-17(18)14-19-16(3)4/h6-9,15-16,19H,10-14H2,1-5H3. The maximum absolute atomic E-state index is 5.97.